The highest BCUT2D eigenvalue weighted by Gasteiger charge is 2.44. The van der Waals surface area contributed by atoms with Gasteiger partial charge < -0.3 is 0 Å². The van der Waals surface area contributed by atoms with Crippen molar-refractivity contribution in [1.29, 1.82) is 0 Å². The first-order chi connectivity index (χ1) is 9.43. The summed E-state index contributed by atoms with van der Waals surface area (Å²) in [5.41, 5.74) is 1.75. The lowest BCUT2D eigenvalue weighted by atomic mass is 10.1. The Morgan fingerprint density at radius 2 is 2.15 bits per heavy atom. The number of rotatable bonds is 3. The maximum atomic E-state index is 12.9. The fraction of sp³-hybridized carbons (Fsp3) is 0.571. The van der Waals surface area contributed by atoms with E-state index in [2.05, 4.69) is 15.9 Å². The van der Waals surface area contributed by atoms with Crippen LogP contribution in [0.5, 0.6) is 0 Å². The molecule has 3 nitrogen and oxygen atoms in total. The van der Waals surface area contributed by atoms with Crippen molar-refractivity contribution in [2.24, 2.45) is 5.92 Å². The number of piperidine rings is 1. The zero-order valence-electron chi connectivity index (χ0n) is 11.3. The monoisotopic (exact) mass is 377 g/mol. The molecule has 0 radical (unpaired) electrons. The highest BCUT2D eigenvalue weighted by Crippen LogP contribution is 2.42. The van der Waals surface area contributed by atoms with Crippen LogP contribution in [0.3, 0.4) is 0 Å². The Kier molecular flexibility index (Phi) is 3.91. The fourth-order valence-corrected chi connectivity index (χ4v) is 6.30. The van der Waals surface area contributed by atoms with Gasteiger partial charge in [0.05, 0.1) is 4.90 Å². The minimum atomic E-state index is -3.43. The third-order valence-electron chi connectivity index (χ3n) is 4.38. The molecule has 2 unspecified atom stereocenters. The van der Waals surface area contributed by atoms with Gasteiger partial charge in [-0.3, -0.25) is 0 Å². The van der Waals surface area contributed by atoms with Crippen LogP contribution in [0.15, 0.2) is 21.5 Å². The summed E-state index contributed by atoms with van der Waals surface area (Å²) in [6.45, 7) is 2.57. The third-order valence-corrected chi connectivity index (χ3v) is 7.95. The van der Waals surface area contributed by atoms with E-state index in [1.165, 1.54) is 6.42 Å². The van der Waals surface area contributed by atoms with E-state index in [1.54, 1.807) is 10.4 Å². The fourth-order valence-electron chi connectivity index (χ4n) is 3.37. The van der Waals surface area contributed by atoms with Gasteiger partial charge in [-0.05, 0) is 65.2 Å². The molecule has 1 aliphatic carbocycles. The molecule has 1 saturated heterocycles. The number of nitrogens with zero attached hydrogens (tertiary/aromatic N) is 1. The summed E-state index contributed by atoms with van der Waals surface area (Å²) in [7, 11) is -3.43. The Bertz CT molecular complexity index is 647. The molecule has 0 aromatic heterocycles. The van der Waals surface area contributed by atoms with Gasteiger partial charge in [-0.2, -0.15) is 4.31 Å². The lowest BCUT2D eigenvalue weighted by Gasteiger charge is -2.27. The zero-order chi connectivity index (χ0) is 14.5. The highest BCUT2D eigenvalue weighted by atomic mass is 79.9. The molecular formula is C14H17BrClNO2S. The summed E-state index contributed by atoms with van der Waals surface area (Å²) in [6.07, 6.45) is 3.18. The van der Waals surface area contributed by atoms with Crippen molar-refractivity contribution in [3.05, 3.63) is 27.7 Å². The maximum absolute atomic E-state index is 12.9. The average Bonchev–Trinajstić information content (AvgIpc) is 3.04. The van der Waals surface area contributed by atoms with E-state index in [0.717, 1.165) is 24.0 Å². The molecule has 1 aromatic rings. The summed E-state index contributed by atoms with van der Waals surface area (Å²) >= 11 is 9.30. The second kappa shape index (κ2) is 5.27. The Hall–Kier alpha value is -0.100. The van der Waals surface area contributed by atoms with Gasteiger partial charge in [-0.25, -0.2) is 8.42 Å². The van der Waals surface area contributed by atoms with Gasteiger partial charge in [0.2, 0.25) is 10.0 Å². The Morgan fingerprint density at radius 1 is 1.40 bits per heavy atom. The number of hydrogen-bond donors (Lipinski definition) is 0. The van der Waals surface area contributed by atoms with Gasteiger partial charge >= 0.3 is 0 Å². The molecule has 2 aliphatic rings. The molecule has 1 aliphatic heterocycles. The number of benzene rings is 1. The molecule has 3 rings (SSSR count). The molecule has 2 atom stereocenters. The van der Waals surface area contributed by atoms with Crippen molar-refractivity contribution in [3.63, 3.8) is 0 Å². The number of hydrogen-bond acceptors (Lipinski definition) is 2. The van der Waals surface area contributed by atoms with Crippen LogP contribution in [0.25, 0.3) is 0 Å². The van der Waals surface area contributed by atoms with Crippen LogP contribution in [0, 0.1) is 12.8 Å². The predicted molar refractivity (Wildman–Crippen MR) is 83.5 cm³/mol. The SMILES string of the molecule is Cc1cc(CCl)cc(S(=O)(=O)N2CC3CCC2C3)c1Br. The molecular weight excluding hydrogens is 362 g/mol. The molecule has 2 fully saturated rings. The van der Waals surface area contributed by atoms with Gasteiger partial charge in [0.15, 0.2) is 0 Å². The summed E-state index contributed by atoms with van der Waals surface area (Å²) in [6, 6.07) is 3.81. The number of alkyl halides is 1. The third kappa shape index (κ3) is 2.32. The molecule has 6 heteroatoms. The minimum Gasteiger partial charge on any atom is -0.207 e. The largest absolute Gasteiger partial charge is 0.244 e. The summed E-state index contributed by atoms with van der Waals surface area (Å²) in [5.74, 6) is 0.869. The van der Waals surface area contributed by atoms with Crippen LogP contribution in [-0.4, -0.2) is 25.3 Å². The van der Waals surface area contributed by atoms with Crippen LogP contribution < -0.4 is 0 Å². The Morgan fingerprint density at radius 3 is 2.70 bits per heavy atom. The maximum Gasteiger partial charge on any atom is 0.244 e. The van der Waals surface area contributed by atoms with Crippen molar-refractivity contribution < 1.29 is 8.42 Å². The summed E-state index contributed by atoms with van der Waals surface area (Å²) in [4.78, 5) is 0.362. The van der Waals surface area contributed by atoms with Gasteiger partial charge in [0.1, 0.15) is 0 Å². The highest BCUT2D eigenvalue weighted by molar-refractivity contribution is 9.10. The van der Waals surface area contributed by atoms with Gasteiger partial charge in [0, 0.05) is 22.9 Å². The molecule has 1 saturated carbocycles. The topological polar surface area (TPSA) is 37.4 Å². The smallest absolute Gasteiger partial charge is 0.207 e. The lowest BCUT2D eigenvalue weighted by molar-refractivity contribution is 0.333. The van der Waals surface area contributed by atoms with E-state index in [0.29, 0.717) is 27.7 Å². The molecule has 0 N–H and O–H groups in total. The number of aryl methyl sites for hydroxylation is 1. The molecule has 1 aromatic carbocycles. The molecule has 110 valence electrons. The van der Waals surface area contributed by atoms with E-state index >= 15 is 0 Å². The second-order valence-electron chi connectivity index (χ2n) is 5.77. The number of fused-ring (bicyclic) bond motifs is 2. The lowest BCUT2D eigenvalue weighted by Crippen LogP contribution is -2.37. The minimum absolute atomic E-state index is 0.192. The zero-order valence-corrected chi connectivity index (χ0v) is 14.4. The van der Waals surface area contributed by atoms with Crippen LogP contribution in [0.1, 0.15) is 30.4 Å². The van der Waals surface area contributed by atoms with Gasteiger partial charge in [-0.15, -0.1) is 11.6 Å². The quantitative estimate of drug-likeness (QED) is 0.753. The van der Waals surface area contributed by atoms with Crippen LogP contribution >= 0.6 is 27.5 Å². The van der Waals surface area contributed by atoms with E-state index in [-0.39, 0.29) is 6.04 Å². The predicted octanol–water partition coefficient (Wildman–Crippen LogP) is 3.67. The standard InChI is InChI=1S/C14H17BrClNO2S/c1-9-4-11(7-16)6-13(14(9)15)20(18,19)17-8-10-2-3-12(17)5-10/h4,6,10,12H,2-3,5,7-8H2,1H3. The summed E-state index contributed by atoms with van der Waals surface area (Å²) in [5, 5.41) is 0. The Labute approximate surface area is 133 Å². The second-order valence-corrected chi connectivity index (χ2v) is 8.69. The molecule has 0 amide bonds. The number of sulfonamides is 1. The van der Waals surface area contributed by atoms with Crippen molar-refractivity contribution in [1.82, 2.24) is 4.31 Å². The summed E-state index contributed by atoms with van der Waals surface area (Å²) < 4.78 is 28.2. The average molecular weight is 379 g/mol. The van der Waals surface area contributed by atoms with E-state index in [4.69, 9.17) is 11.6 Å². The van der Waals surface area contributed by atoms with E-state index < -0.39 is 10.0 Å². The van der Waals surface area contributed by atoms with Crippen LogP contribution in [-0.2, 0) is 15.9 Å². The first-order valence-corrected chi connectivity index (χ1v) is 9.57. The van der Waals surface area contributed by atoms with Crippen molar-refractivity contribution >= 4 is 37.6 Å². The molecule has 1 heterocycles. The first kappa shape index (κ1) is 14.8. The normalized spacial score (nSPS) is 26.4. The van der Waals surface area contributed by atoms with E-state index in [1.807, 2.05) is 13.0 Å². The molecule has 20 heavy (non-hydrogen) atoms. The van der Waals surface area contributed by atoms with Crippen LogP contribution in [0.4, 0.5) is 0 Å². The number of halogens is 2. The van der Waals surface area contributed by atoms with Crippen molar-refractivity contribution in [3.8, 4) is 0 Å². The van der Waals surface area contributed by atoms with Crippen LogP contribution in [0.2, 0.25) is 0 Å². The molecule has 2 bridgehead atoms. The Balaban J connectivity index is 2.05. The van der Waals surface area contributed by atoms with Gasteiger partial charge in [-0.1, -0.05) is 6.07 Å². The first-order valence-electron chi connectivity index (χ1n) is 6.80. The van der Waals surface area contributed by atoms with E-state index in [9.17, 15) is 8.42 Å². The van der Waals surface area contributed by atoms with Crippen molar-refractivity contribution in [2.45, 2.75) is 43.0 Å². The van der Waals surface area contributed by atoms with Gasteiger partial charge in [0.25, 0.3) is 0 Å². The van der Waals surface area contributed by atoms with Crippen molar-refractivity contribution in [2.75, 3.05) is 6.54 Å². The molecule has 0 spiro atoms.